The van der Waals surface area contributed by atoms with E-state index in [0.29, 0.717) is 5.56 Å². The van der Waals surface area contributed by atoms with E-state index in [9.17, 15) is 45.6 Å². The molecule has 0 aliphatic carbocycles. The van der Waals surface area contributed by atoms with Crippen molar-refractivity contribution in [1.29, 1.82) is 0 Å². The lowest BCUT2D eigenvalue weighted by Gasteiger charge is -2.42. The molecule has 236 valence electrons. The molecule has 2 saturated heterocycles. The summed E-state index contributed by atoms with van der Waals surface area (Å²) in [6, 6.07) is 6.90. The average Bonchev–Trinajstić information content (AvgIpc) is 2.97. The number of ether oxygens (including phenoxy) is 6. The minimum absolute atomic E-state index is 0.0457. The van der Waals surface area contributed by atoms with Crippen LogP contribution in [-0.2, 0) is 14.2 Å². The van der Waals surface area contributed by atoms with Crippen molar-refractivity contribution in [1.82, 2.24) is 0 Å². The number of phenols is 2. The van der Waals surface area contributed by atoms with Gasteiger partial charge in [-0.3, -0.25) is 4.79 Å². The molecule has 43 heavy (non-hydrogen) atoms. The summed E-state index contributed by atoms with van der Waals surface area (Å²) in [4.78, 5) is 12.9. The smallest absolute Gasteiger partial charge is 0.229 e. The van der Waals surface area contributed by atoms with E-state index in [4.69, 9.17) is 28.4 Å². The maximum absolute atomic E-state index is 12.9. The van der Waals surface area contributed by atoms with Gasteiger partial charge < -0.3 is 69.3 Å². The van der Waals surface area contributed by atoms with Crippen molar-refractivity contribution < 1.29 is 74.1 Å². The first-order valence-corrected chi connectivity index (χ1v) is 13.5. The van der Waals surface area contributed by atoms with Gasteiger partial charge in [-0.2, -0.15) is 0 Å². The van der Waals surface area contributed by atoms with Crippen molar-refractivity contribution in [3.63, 3.8) is 0 Å². The van der Waals surface area contributed by atoms with Crippen LogP contribution >= 0.6 is 0 Å². The van der Waals surface area contributed by atoms with E-state index in [0.717, 1.165) is 6.07 Å². The quantitative estimate of drug-likeness (QED) is 0.185. The molecule has 3 aliphatic heterocycles. The molecule has 0 radical (unpaired) electrons. The van der Waals surface area contributed by atoms with Crippen LogP contribution in [0.25, 0.3) is 0 Å². The van der Waals surface area contributed by atoms with Gasteiger partial charge in [0.05, 0.1) is 26.2 Å². The van der Waals surface area contributed by atoms with E-state index in [1.165, 1.54) is 32.2 Å². The highest BCUT2D eigenvalue weighted by Crippen LogP contribution is 2.43. The summed E-state index contributed by atoms with van der Waals surface area (Å²) < 4.78 is 33.1. The standard InChI is InChI=1S/C28H34O15/c1-10-21(32)23(34)25(36)27(40-10)39-9-19-22(33)24(35)26(37)28(43-19)41-12-6-14(30)20-15(31)8-17(42-18(20)7-12)11-3-4-16(38-2)13(29)5-11/h3-7,10,17,19,21-30,32-37H,8-9H2,1-2H3/t10-,17-,19?,21-,22+,23?,24-,25?,26?,27+,28+/m0/s1. The van der Waals surface area contributed by atoms with Gasteiger partial charge in [-0.1, -0.05) is 6.07 Å². The van der Waals surface area contributed by atoms with Gasteiger partial charge in [-0.25, -0.2) is 0 Å². The second kappa shape index (κ2) is 12.4. The first-order valence-electron chi connectivity index (χ1n) is 13.5. The van der Waals surface area contributed by atoms with Crippen molar-refractivity contribution in [3.8, 4) is 28.7 Å². The molecule has 15 nitrogen and oxygen atoms in total. The second-order valence-corrected chi connectivity index (χ2v) is 10.6. The fourth-order valence-corrected chi connectivity index (χ4v) is 5.20. The molecular weight excluding hydrogens is 576 g/mol. The lowest BCUT2D eigenvalue weighted by atomic mass is 9.95. The molecule has 8 N–H and O–H groups in total. The van der Waals surface area contributed by atoms with E-state index in [-0.39, 0.29) is 35.0 Å². The first-order chi connectivity index (χ1) is 20.4. The molecule has 15 heteroatoms. The third-order valence-corrected chi connectivity index (χ3v) is 7.70. The second-order valence-electron chi connectivity index (χ2n) is 10.6. The molecule has 0 aromatic heterocycles. The van der Waals surface area contributed by atoms with Crippen molar-refractivity contribution in [2.45, 2.75) is 80.9 Å². The van der Waals surface area contributed by atoms with Crippen LogP contribution in [0.4, 0.5) is 0 Å². The SMILES string of the molecule is COc1ccc([C@@H]2CC(=O)c3c(O)cc(O[C@@H]4OC(CO[C@@H]5O[C@@H](C)[C@H](O)C(O)C5O)[C@@H](O)[C@H](O)C4O)cc3O2)cc1O. The molecule has 2 aromatic rings. The number of ketones is 1. The van der Waals surface area contributed by atoms with Crippen LogP contribution in [0.15, 0.2) is 30.3 Å². The number of carbonyl (C=O) groups excluding carboxylic acids is 1. The molecular formula is C28H34O15. The van der Waals surface area contributed by atoms with Gasteiger partial charge in [0.2, 0.25) is 6.29 Å². The van der Waals surface area contributed by atoms with Gasteiger partial charge in [-0.05, 0) is 24.6 Å². The van der Waals surface area contributed by atoms with Crippen molar-refractivity contribution >= 4 is 5.78 Å². The average molecular weight is 611 g/mol. The maximum Gasteiger partial charge on any atom is 0.229 e. The molecule has 2 fully saturated rings. The molecule has 2 aromatic carbocycles. The van der Waals surface area contributed by atoms with Gasteiger partial charge in [0.25, 0.3) is 0 Å². The van der Waals surface area contributed by atoms with Crippen LogP contribution in [0, 0.1) is 0 Å². The highest BCUT2D eigenvalue weighted by atomic mass is 16.7. The number of phenolic OH excluding ortho intramolecular Hbond substituents is 2. The number of aliphatic hydroxyl groups excluding tert-OH is 6. The summed E-state index contributed by atoms with van der Waals surface area (Å²) in [5.74, 6) is -0.999. The highest BCUT2D eigenvalue weighted by Gasteiger charge is 2.47. The van der Waals surface area contributed by atoms with Crippen LogP contribution in [0.1, 0.15) is 35.4 Å². The van der Waals surface area contributed by atoms with E-state index in [2.05, 4.69) is 0 Å². The summed E-state index contributed by atoms with van der Waals surface area (Å²) in [6.45, 7) is 0.964. The summed E-state index contributed by atoms with van der Waals surface area (Å²) >= 11 is 0. The predicted octanol–water partition coefficient (Wildman–Crippen LogP) is -1.16. The van der Waals surface area contributed by atoms with Crippen LogP contribution in [0.3, 0.4) is 0 Å². The summed E-state index contributed by atoms with van der Waals surface area (Å²) in [6.07, 6.45) is -15.9. The monoisotopic (exact) mass is 610 g/mol. The normalized spacial score (nSPS) is 36.0. The van der Waals surface area contributed by atoms with Crippen molar-refractivity contribution in [3.05, 3.63) is 41.5 Å². The Hall–Kier alpha value is -3.25. The summed E-state index contributed by atoms with van der Waals surface area (Å²) in [5.41, 5.74) is 0.373. The fraction of sp³-hybridized carbons (Fsp3) is 0.536. The maximum atomic E-state index is 12.9. The Kier molecular flexibility index (Phi) is 8.99. The Labute approximate surface area is 245 Å². The lowest BCUT2D eigenvalue weighted by Crippen LogP contribution is -2.61. The van der Waals surface area contributed by atoms with E-state index in [1.807, 2.05) is 0 Å². The van der Waals surface area contributed by atoms with Crippen LogP contribution < -0.4 is 14.2 Å². The Morgan fingerprint density at radius 3 is 2.23 bits per heavy atom. The number of aliphatic hydroxyl groups is 6. The Morgan fingerprint density at radius 2 is 1.53 bits per heavy atom. The first kappa shape index (κ1) is 31.2. The summed E-state index contributed by atoms with van der Waals surface area (Å²) in [5, 5.41) is 82.2. The fourth-order valence-electron chi connectivity index (χ4n) is 5.20. The summed E-state index contributed by atoms with van der Waals surface area (Å²) in [7, 11) is 1.39. The molecule has 11 atom stereocenters. The van der Waals surface area contributed by atoms with Gasteiger partial charge in [0, 0.05) is 12.1 Å². The van der Waals surface area contributed by atoms with Gasteiger partial charge in [0.15, 0.2) is 23.6 Å². The Morgan fingerprint density at radius 1 is 0.837 bits per heavy atom. The molecule has 0 saturated carbocycles. The Balaban J connectivity index is 1.30. The third kappa shape index (κ3) is 6.08. The zero-order valence-corrected chi connectivity index (χ0v) is 23.1. The van der Waals surface area contributed by atoms with Crippen molar-refractivity contribution in [2.75, 3.05) is 13.7 Å². The number of rotatable bonds is 7. The topological polar surface area (TPSA) is 234 Å². The lowest BCUT2D eigenvalue weighted by molar-refractivity contribution is -0.318. The highest BCUT2D eigenvalue weighted by molar-refractivity contribution is 6.02. The van der Waals surface area contributed by atoms with E-state index >= 15 is 0 Å². The largest absolute Gasteiger partial charge is 0.507 e. The van der Waals surface area contributed by atoms with E-state index in [1.54, 1.807) is 6.07 Å². The predicted molar refractivity (Wildman–Crippen MR) is 141 cm³/mol. The number of aromatic hydroxyl groups is 2. The van der Waals surface area contributed by atoms with E-state index < -0.39 is 85.7 Å². The van der Waals surface area contributed by atoms with Gasteiger partial charge in [-0.15, -0.1) is 0 Å². The molecule has 3 aliphatic rings. The number of hydrogen-bond donors (Lipinski definition) is 8. The molecule has 4 unspecified atom stereocenters. The zero-order valence-electron chi connectivity index (χ0n) is 23.1. The number of methoxy groups -OCH3 is 1. The van der Waals surface area contributed by atoms with Crippen LogP contribution in [0.5, 0.6) is 28.7 Å². The Bertz CT molecular complexity index is 1320. The minimum atomic E-state index is -1.77. The molecule has 0 spiro atoms. The van der Waals surface area contributed by atoms with Gasteiger partial charge >= 0.3 is 0 Å². The molecule has 0 amide bonds. The number of carbonyl (C=O) groups is 1. The third-order valence-electron chi connectivity index (χ3n) is 7.70. The number of Topliss-reactive ketones (excluding diaryl/α,β-unsaturated/α-hetero) is 1. The van der Waals surface area contributed by atoms with Crippen molar-refractivity contribution in [2.24, 2.45) is 0 Å². The molecule has 5 rings (SSSR count). The number of hydrogen-bond acceptors (Lipinski definition) is 15. The number of fused-ring (bicyclic) bond motifs is 1. The van der Waals surface area contributed by atoms with Crippen LogP contribution in [-0.4, -0.2) is 122 Å². The number of benzene rings is 2. The van der Waals surface area contributed by atoms with Crippen LogP contribution in [0.2, 0.25) is 0 Å². The zero-order chi connectivity index (χ0) is 31.2. The molecule has 3 heterocycles. The van der Waals surface area contributed by atoms with Gasteiger partial charge in [0.1, 0.15) is 71.6 Å². The minimum Gasteiger partial charge on any atom is -0.507 e. The molecule has 0 bridgehead atoms.